The van der Waals surface area contributed by atoms with Gasteiger partial charge >= 0.3 is 0 Å². The molecule has 0 N–H and O–H groups in total. The molecule has 3 aliphatic heterocycles. The summed E-state index contributed by atoms with van der Waals surface area (Å²) in [6.07, 6.45) is 8.26. The standard InChI is InChI=1S/C22H28S2/c1-3-5-11-17-18(12-6-4-2)24-21-15-9-7-13-19(21)23(17)20-14-8-10-16-22(20)24/h7-10,13-18H,3-6,11-12H2,1-2H3/q+2/t17-,18+,23?,24?. The molecule has 0 nitrogen and oxygen atoms in total. The maximum Gasteiger partial charge on any atom is 0.216 e. The third kappa shape index (κ3) is 2.63. The van der Waals surface area contributed by atoms with Gasteiger partial charge in [0.05, 0.1) is 21.8 Å². The molecule has 0 aromatic heterocycles. The predicted octanol–water partition coefficient (Wildman–Crippen LogP) is 6.20. The van der Waals surface area contributed by atoms with Gasteiger partial charge in [0.15, 0.2) is 10.5 Å². The molecule has 3 heterocycles. The molecule has 2 aromatic rings. The van der Waals surface area contributed by atoms with Crippen molar-refractivity contribution in [1.29, 1.82) is 0 Å². The fraction of sp³-hybridized carbons (Fsp3) is 0.455. The lowest BCUT2D eigenvalue weighted by molar-refractivity contribution is 0.591. The van der Waals surface area contributed by atoms with Crippen LogP contribution in [0.3, 0.4) is 0 Å². The summed E-state index contributed by atoms with van der Waals surface area (Å²) in [5, 5.41) is 1.76. The molecule has 0 unspecified atom stereocenters. The van der Waals surface area contributed by atoms with Gasteiger partial charge in [-0.05, 0) is 37.1 Å². The highest BCUT2D eigenvalue weighted by Gasteiger charge is 2.64. The molecule has 0 fully saturated rings. The molecular formula is C22H28S2+2. The van der Waals surface area contributed by atoms with Crippen LogP contribution < -0.4 is 0 Å². The molecule has 0 saturated heterocycles. The van der Waals surface area contributed by atoms with Crippen molar-refractivity contribution >= 4 is 21.8 Å². The molecule has 24 heavy (non-hydrogen) atoms. The van der Waals surface area contributed by atoms with E-state index in [-0.39, 0.29) is 0 Å². The second kappa shape index (κ2) is 7.17. The molecule has 0 saturated carbocycles. The summed E-state index contributed by atoms with van der Waals surface area (Å²) < 4.78 is 0. The SMILES string of the molecule is CCCC[C@@H]1[C@H](CCCC)[S+]2c3ccccc3[S+]1c1ccccc12. The molecule has 0 amide bonds. The minimum absolute atomic E-state index is 0.299. The number of rotatable bonds is 6. The Morgan fingerprint density at radius 3 is 1.25 bits per heavy atom. The van der Waals surface area contributed by atoms with E-state index in [1.807, 2.05) is 0 Å². The van der Waals surface area contributed by atoms with Gasteiger partial charge in [-0.3, -0.25) is 0 Å². The van der Waals surface area contributed by atoms with Crippen molar-refractivity contribution < 1.29 is 0 Å². The zero-order valence-corrected chi connectivity index (χ0v) is 16.5. The highest BCUT2D eigenvalue weighted by molar-refractivity contribution is 8.06. The zero-order valence-electron chi connectivity index (χ0n) is 14.8. The first-order valence-electron chi connectivity index (χ1n) is 9.51. The lowest BCUT2D eigenvalue weighted by Crippen LogP contribution is -2.49. The lowest BCUT2D eigenvalue weighted by Gasteiger charge is -2.36. The van der Waals surface area contributed by atoms with Gasteiger partial charge in [0.25, 0.3) is 0 Å². The van der Waals surface area contributed by atoms with Crippen molar-refractivity contribution in [2.24, 2.45) is 0 Å². The topological polar surface area (TPSA) is 0 Å². The molecule has 126 valence electrons. The van der Waals surface area contributed by atoms with Gasteiger partial charge in [-0.2, -0.15) is 0 Å². The number of hydrogen-bond acceptors (Lipinski definition) is 0. The Morgan fingerprint density at radius 1 is 0.625 bits per heavy atom. The number of benzene rings is 2. The van der Waals surface area contributed by atoms with Crippen molar-refractivity contribution in [2.45, 2.75) is 82.5 Å². The summed E-state index contributed by atoms with van der Waals surface area (Å²) in [6, 6.07) is 18.8. The predicted molar refractivity (Wildman–Crippen MR) is 107 cm³/mol. The van der Waals surface area contributed by atoms with Crippen molar-refractivity contribution in [3.63, 3.8) is 0 Å². The molecule has 2 atom stereocenters. The van der Waals surface area contributed by atoms with E-state index in [1.54, 1.807) is 19.6 Å². The minimum atomic E-state index is 0.299. The maximum atomic E-state index is 2.43. The monoisotopic (exact) mass is 356 g/mol. The van der Waals surface area contributed by atoms with Crippen LogP contribution in [0, 0.1) is 0 Å². The fourth-order valence-corrected chi connectivity index (χ4v) is 11.5. The summed E-state index contributed by atoms with van der Waals surface area (Å²) in [5.74, 6) is 0. The Labute approximate surface area is 152 Å². The van der Waals surface area contributed by atoms with E-state index in [2.05, 4.69) is 62.4 Å². The Morgan fingerprint density at radius 2 is 0.958 bits per heavy atom. The van der Waals surface area contributed by atoms with Crippen molar-refractivity contribution in [2.75, 3.05) is 0 Å². The Hall–Kier alpha value is -0.860. The van der Waals surface area contributed by atoms with Crippen LogP contribution in [0.2, 0.25) is 0 Å². The molecule has 0 aliphatic carbocycles. The van der Waals surface area contributed by atoms with Gasteiger partial charge in [-0.15, -0.1) is 0 Å². The summed E-state index contributed by atoms with van der Waals surface area (Å²) in [6.45, 7) is 4.69. The van der Waals surface area contributed by atoms with E-state index < -0.39 is 0 Å². The van der Waals surface area contributed by atoms with E-state index >= 15 is 0 Å². The van der Waals surface area contributed by atoms with Crippen LogP contribution in [0.1, 0.15) is 52.4 Å². The Kier molecular flexibility index (Phi) is 4.96. The molecule has 0 spiro atoms. The summed E-state index contributed by atoms with van der Waals surface area (Å²) in [7, 11) is 0.597. The third-order valence-electron chi connectivity index (χ3n) is 5.35. The van der Waals surface area contributed by atoms with Gasteiger partial charge < -0.3 is 0 Å². The second-order valence-corrected chi connectivity index (χ2v) is 11.3. The van der Waals surface area contributed by atoms with Crippen molar-refractivity contribution in [3.8, 4) is 0 Å². The van der Waals surface area contributed by atoms with E-state index in [9.17, 15) is 0 Å². The van der Waals surface area contributed by atoms with Crippen LogP contribution in [-0.2, 0) is 21.8 Å². The minimum Gasteiger partial charge on any atom is -0.0654 e. The van der Waals surface area contributed by atoms with Gasteiger partial charge in [-0.25, -0.2) is 0 Å². The maximum absolute atomic E-state index is 2.43. The molecule has 2 aromatic carbocycles. The first kappa shape index (κ1) is 16.6. The fourth-order valence-electron chi connectivity index (χ4n) is 4.24. The summed E-state index contributed by atoms with van der Waals surface area (Å²) in [5.41, 5.74) is 0. The zero-order chi connectivity index (χ0) is 16.5. The van der Waals surface area contributed by atoms with Crippen LogP contribution in [0.15, 0.2) is 68.1 Å². The first-order chi connectivity index (χ1) is 11.9. The number of fused-ring (bicyclic) bond motifs is 1. The molecule has 0 radical (unpaired) electrons. The number of unbranched alkanes of at least 4 members (excludes halogenated alkanes) is 2. The molecular weight excluding hydrogens is 328 g/mol. The van der Waals surface area contributed by atoms with Gasteiger partial charge in [0, 0.05) is 12.8 Å². The van der Waals surface area contributed by atoms with E-state index in [4.69, 9.17) is 0 Å². The largest absolute Gasteiger partial charge is 0.216 e. The average Bonchev–Trinajstić information content (AvgIpc) is 2.64. The average molecular weight is 357 g/mol. The normalized spacial score (nSPS) is 26.9. The highest BCUT2D eigenvalue weighted by Crippen LogP contribution is 2.54. The van der Waals surface area contributed by atoms with E-state index in [1.165, 1.54) is 38.5 Å². The van der Waals surface area contributed by atoms with Crippen LogP contribution >= 0.6 is 0 Å². The molecule has 2 heteroatoms. The highest BCUT2D eigenvalue weighted by atomic mass is 32.2. The first-order valence-corrected chi connectivity index (χ1v) is 12.1. The molecule has 3 aliphatic rings. The molecule has 5 rings (SSSR count). The van der Waals surface area contributed by atoms with Crippen LogP contribution in [0.5, 0.6) is 0 Å². The Bertz CT molecular complexity index is 601. The van der Waals surface area contributed by atoms with Gasteiger partial charge in [0.1, 0.15) is 0 Å². The van der Waals surface area contributed by atoms with Gasteiger partial charge in [-0.1, -0.05) is 51.0 Å². The smallest absolute Gasteiger partial charge is 0.0654 e. The summed E-state index contributed by atoms with van der Waals surface area (Å²) in [4.78, 5) is 6.70. The lowest BCUT2D eigenvalue weighted by atomic mass is 10.1. The van der Waals surface area contributed by atoms with Crippen LogP contribution in [-0.4, -0.2) is 10.5 Å². The quantitative estimate of drug-likeness (QED) is 0.540. The van der Waals surface area contributed by atoms with Crippen molar-refractivity contribution in [1.82, 2.24) is 0 Å². The van der Waals surface area contributed by atoms with Crippen LogP contribution in [0.4, 0.5) is 0 Å². The summed E-state index contributed by atoms with van der Waals surface area (Å²) >= 11 is 0. The van der Waals surface area contributed by atoms with Gasteiger partial charge in [0.2, 0.25) is 19.6 Å². The van der Waals surface area contributed by atoms with Crippen molar-refractivity contribution in [3.05, 3.63) is 48.5 Å². The number of hydrogen-bond donors (Lipinski definition) is 0. The van der Waals surface area contributed by atoms with E-state index in [0.717, 1.165) is 10.5 Å². The molecule has 2 bridgehead atoms. The van der Waals surface area contributed by atoms with E-state index in [0.29, 0.717) is 21.8 Å². The third-order valence-corrected chi connectivity index (χ3v) is 11.4. The second-order valence-electron chi connectivity index (χ2n) is 6.93. The Balaban J connectivity index is 1.84. The van der Waals surface area contributed by atoms with Crippen LogP contribution in [0.25, 0.3) is 0 Å².